The lowest BCUT2D eigenvalue weighted by molar-refractivity contribution is 0.184. The van der Waals surface area contributed by atoms with Gasteiger partial charge in [-0.15, -0.1) is 0 Å². The molecule has 1 saturated heterocycles. The third-order valence-electron chi connectivity index (χ3n) is 4.09. The first-order valence-electron chi connectivity index (χ1n) is 7.81. The summed E-state index contributed by atoms with van der Waals surface area (Å²) in [4.78, 5) is 9.43. The van der Waals surface area contributed by atoms with Crippen molar-refractivity contribution in [2.75, 3.05) is 38.2 Å². The molecule has 0 N–H and O–H groups in total. The molecule has 116 valence electrons. The van der Waals surface area contributed by atoms with Crippen LogP contribution < -0.4 is 4.90 Å². The van der Waals surface area contributed by atoms with Gasteiger partial charge in [-0.05, 0) is 11.6 Å². The number of piperazine rings is 1. The number of benzene rings is 1. The Labute approximate surface area is 132 Å². The number of anilines is 1. The second-order valence-electron chi connectivity index (χ2n) is 5.67. The molecule has 0 amide bonds. The van der Waals surface area contributed by atoms with E-state index in [1.54, 1.807) is 7.11 Å². The highest BCUT2D eigenvalue weighted by Gasteiger charge is 2.19. The molecular formula is C18H23N3O. The third-order valence-corrected chi connectivity index (χ3v) is 4.09. The number of hydrogen-bond acceptors (Lipinski definition) is 4. The normalized spacial score (nSPS) is 16.0. The van der Waals surface area contributed by atoms with E-state index < -0.39 is 0 Å². The predicted molar refractivity (Wildman–Crippen MR) is 88.9 cm³/mol. The lowest BCUT2D eigenvalue weighted by Crippen LogP contribution is -2.46. The van der Waals surface area contributed by atoms with Crippen molar-refractivity contribution in [2.45, 2.75) is 13.2 Å². The van der Waals surface area contributed by atoms with Gasteiger partial charge in [0.1, 0.15) is 5.82 Å². The van der Waals surface area contributed by atoms with Crippen LogP contribution in [0, 0.1) is 0 Å². The lowest BCUT2D eigenvalue weighted by atomic mass is 10.2. The predicted octanol–water partition coefficient (Wildman–Crippen LogP) is 2.55. The Kier molecular flexibility index (Phi) is 5.03. The van der Waals surface area contributed by atoms with Crippen LogP contribution in [0.3, 0.4) is 0 Å². The molecule has 22 heavy (non-hydrogen) atoms. The molecule has 4 heteroatoms. The maximum Gasteiger partial charge on any atom is 0.134 e. The molecule has 0 spiro atoms. The van der Waals surface area contributed by atoms with Crippen molar-refractivity contribution >= 4 is 5.82 Å². The summed E-state index contributed by atoms with van der Waals surface area (Å²) >= 11 is 0. The number of rotatable bonds is 5. The fraction of sp³-hybridized carbons (Fsp3) is 0.389. The fourth-order valence-corrected chi connectivity index (χ4v) is 2.94. The Morgan fingerprint density at radius 2 is 1.77 bits per heavy atom. The van der Waals surface area contributed by atoms with E-state index in [1.807, 2.05) is 12.3 Å². The molecule has 1 aromatic heterocycles. The highest BCUT2D eigenvalue weighted by molar-refractivity contribution is 5.46. The van der Waals surface area contributed by atoms with E-state index in [4.69, 9.17) is 4.74 Å². The van der Waals surface area contributed by atoms with E-state index in [1.165, 1.54) is 11.1 Å². The molecule has 0 radical (unpaired) electrons. The zero-order valence-electron chi connectivity index (χ0n) is 13.1. The summed E-state index contributed by atoms with van der Waals surface area (Å²) in [6.07, 6.45) is 1.87. The largest absolute Gasteiger partial charge is 0.380 e. The maximum atomic E-state index is 5.28. The summed E-state index contributed by atoms with van der Waals surface area (Å²) in [5.41, 5.74) is 2.55. The first-order chi connectivity index (χ1) is 10.9. The van der Waals surface area contributed by atoms with E-state index >= 15 is 0 Å². The van der Waals surface area contributed by atoms with Gasteiger partial charge in [-0.2, -0.15) is 0 Å². The summed E-state index contributed by atoms with van der Waals surface area (Å²) in [6.45, 7) is 5.81. The van der Waals surface area contributed by atoms with Gasteiger partial charge in [-0.3, -0.25) is 4.90 Å². The summed E-state index contributed by atoms with van der Waals surface area (Å²) in [6, 6.07) is 14.8. The zero-order chi connectivity index (χ0) is 15.2. The van der Waals surface area contributed by atoms with Gasteiger partial charge in [0.2, 0.25) is 0 Å². The van der Waals surface area contributed by atoms with Crippen molar-refractivity contribution in [2.24, 2.45) is 0 Å². The molecule has 1 aromatic carbocycles. The molecule has 0 saturated carbocycles. The molecular weight excluding hydrogens is 274 g/mol. The zero-order valence-corrected chi connectivity index (χ0v) is 13.1. The van der Waals surface area contributed by atoms with E-state index in [0.717, 1.165) is 38.5 Å². The summed E-state index contributed by atoms with van der Waals surface area (Å²) in [7, 11) is 1.73. The Morgan fingerprint density at radius 3 is 2.50 bits per heavy atom. The maximum absolute atomic E-state index is 5.28. The van der Waals surface area contributed by atoms with Crippen LogP contribution in [0.4, 0.5) is 5.82 Å². The molecule has 3 rings (SSSR count). The highest BCUT2D eigenvalue weighted by atomic mass is 16.5. The molecule has 1 aliphatic heterocycles. The molecule has 0 unspecified atom stereocenters. The second-order valence-corrected chi connectivity index (χ2v) is 5.67. The molecule has 0 aliphatic carbocycles. The van der Waals surface area contributed by atoms with Crippen LogP contribution in [0.5, 0.6) is 0 Å². The van der Waals surface area contributed by atoms with Crippen molar-refractivity contribution in [1.82, 2.24) is 9.88 Å². The van der Waals surface area contributed by atoms with Gasteiger partial charge < -0.3 is 9.64 Å². The van der Waals surface area contributed by atoms with Crippen LogP contribution in [0.1, 0.15) is 11.1 Å². The number of methoxy groups -OCH3 is 1. The topological polar surface area (TPSA) is 28.6 Å². The van der Waals surface area contributed by atoms with Crippen LogP contribution in [-0.4, -0.2) is 43.2 Å². The Bertz CT molecular complexity index is 580. The quantitative estimate of drug-likeness (QED) is 0.848. The Morgan fingerprint density at radius 1 is 1.00 bits per heavy atom. The fourth-order valence-electron chi connectivity index (χ4n) is 2.94. The van der Waals surface area contributed by atoms with Gasteiger partial charge in [0.05, 0.1) is 6.61 Å². The molecule has 2 aromatic rings. The Hall–Kier alpha value is -1.91. The number of ether oxygens (including phenoxy) is 1. The summed E-state index contributed by atoms with van der Waals surface area (Å²) < 4.78 is 5.28. The molecule has 2 heterocycles. The van der Waals surface area contributed by atoms with Gasteiger partial charge in [0, 0.05) is 51.6 Å². The minimum Gasteiger partial charge on any atom is -0.380 e. The van der Waals surface area contributed by atoms with Crippen molar-refractivity contribution in [3.8, 4) is 0 Å². The molecule has 1 fully saturated rings. The van der Waals surface area contributed by atoms with Gasteiger partial charge >= 0.3 is 0 Å². The SMILES string of the molecule is COCc1cccnc1N1CCN(Cc2ccccc2)CC1. The van der Waals surface area contributed by atoms with E-state index in [0.29, 0.717) is 6.61 Å². The molecule has 1 aliphatic rings. The smallest absolute Gasteiger partial charge is 0.134 e. The van der Waals surface area contributed by atoms with Gasteiger partial charge in [-0.25, -0.2) is 4.98 Å². The van der Waals surface area contributed by atoms with Crippen molar-refractivity contribution in [1.29, 1.82) is 0 Å². The summed E-state index contributed by atoms with van der Waals surface area (Å²) in [5.74, 6) is 1.07. The standard InChI is InChI=1S/C18H23N3O/c1-22-15-17-8-5-9-19-18(17)21-12-10-20(11-13-21)14-16-6-3-2-4-7-16/h2-9H,10-15H2,1H3. The van der Waals surface area contributed by atoms with Gasteiger partial charge in [0.25, 0.3) is 0 Å². The average Bonchev–Trinajstić information content (AvgIpc) is 2.58. The second kappa shape index (κ2) is 7.38. The summed E-state index contributed by atoms with van der Waals surface area (Å²) in [5, 5.41) is 0. The van der Waals surface area contributed by atoms with Gasteiger partial charge in [0.15, 0.2) is 0 Å². The van der Waals surface area contributed by atoms with Gasteiger partial charge in [-0.1, -0.05) is 36.4 Å². The molecule has 0 bridgehead atoms. The number of nitrogens with zero attached hydrogens (tertiary/aromatic N) is 3. The first-order valence-corrected chi connectivity index (χ1v) is 7.81. The third kappa shape index (κ3) is 3.64. The first kappa shape index (κ1) is 15.0. The lowest BCUT2D eigenvalue weighted by Gasteiger charge is -2.36. The number of pyridine rings is 1. The Balaban J connectivity index is 1.60. The average molecular weight is 297 g/mol. The minimum absolute atomic E-state index is 0.618. The van der Waals surface area contributed by atoms with Crippen molar-refractivity contribution in [3.63, 3.8) is 0 Å². The van der Waals surface area contributed by atoms with E-state index in [-0.39, 0.29) is 0 Å². The van der Waals surface area contributed by atoms with E-state index in [9.17, 15) is 0 Å². The highest BCUT2D eigenvalue weighted by Crippen LogP contribution is 2.20. The monoisotopic (exact) mass is 297 g/mol. The minimum atomic E-state index is 0.618. The van der Waals surface area contributed by atoms with Crippen LogP contribution in [0.15, 0.2) is 48.7 Å². The van der Waals surface area contributed by atoms with Crippen LogP contribution in [0.2, 0.25) is 0 Å². The van der Waals surface area contributed by atoms with Crippen LogP contribution in [-0.2, 0) is 17.9 Å². The van der Waals surface area contributed by atoms with Crippen molar-refractivity contribution in [3.05, 3.63) is 59.8 Å². The van der Waals surface area contributed by atoms with Crippen molar-refractivity contribution < 1.29 is 4.74 Å². The number of aromatic nitrogens is 1. The molecule has 0 atom stereocenters. The number of hydrogen-bond donors (Lipinski definition) is 0. The molecule has 4 nitrogen and oxygen atoms in total. The van der Waals surface area contributed by atoms with Crippen LogP contribution in [0.25, 0.3) is 0 Å². The van der Waals surface area contributed by atoms with E-state index in [2.05, 4.69) is 51.2 Å². The van der Waals surface area contributed by atoms with Crippen LogP contribution >= 0.6 is 0 Å².